The first-order chi connectivity index (χ1) is 19.8. The Bertz CT molecular complexity index is 1660. The van der Waals surface area contributed by atoms with Gasteiger partial charge < -0.3 is 19.7 Å². The number of anilines is 2. The van der Waals surface area contributed by atoms with Crippen molar-refractivity contribution in [1.29, 1.82) is 0 Å². The van der Waals surface area contributed by atoms with Crippen molar-refractivity contribution in [2.75, 3.05) is 37.4 Å². The van der Waals surface area contributed by atoms with Crippen LogP contribution in [-0.4, -0.2) is 57.5 Å². The molecule has 0 unspecified atom stereocenters. The quantitative estimate of drug-likeness (QED) is 0.233. The highest BCUT2D eigenvalue weighted by Crippen LogP contribution is 2.25. The van der Waals surface area contributed by atoms with Gasteiger partial charge in [0.05, 0.1) is 12.9 Å². The van der Waals surface area contributed by atoms with E-state index in [0.717, 1.165) is 11.1 Å². The number of imidazole rings is 1. The lowest BCUT2D eigenvalue weighted by Crippen LogP contribution is -2.35. The molecule has 0 saturated heterocycles. The number of carbonyl (C=O) groups is 1. The fraction of sp³-hybridized carbons (Fsp3) is 0.200. The molecule has 1 N–H and O–H groups in total. The summed E-state index contributed by atoms with van der Waals surface area (Å²) < 4.78 is 28.6. The average molecular weight is 576 g/mol. The number of nitrogens with zero attached hydrogens (tertiary/aromatic N) is 6. The summed E-state index contributed by atoms with van der Waals surface area (Å²) in [6, 6.07) is 19.3. The maximum absolute atomic E-state index is 13.4. The van der Waals surface area contributed by atoms with Crippen molar-refractivity contribution < 1.29 is 13.6 Å². The molecule has 1 amide bonds. The van der Waals surface area contributed by atoms with Gasteiger partial charge in [0.25, 0.3) is 5.91 Å². The van der Waals surface area contributed by atoms with Crippen LogP contribution in [0.3, 0.4) is 0 Å². The zero-order valence-corrected chi connectivity index (χ0v) is 23.3. The van der Waals surface area contributed by atoms with Crippen LogP contribution in [-0.2, 0) is 13.1 Å². The van der Waals surface area contributed by atoms with Gasteiger partial charge in [0, 0.05) is 44.3 Å². The second-order valence-corrected chi connectivity index (χ2v) is 10.1. The van der Waals surface area contributed by atoms with Gasteiger partial charge in [-0.1, -0.05) is 41.9 Å². The molecule has 0 aliphatic heterocycles. The summed E-state index contributed by atoms with van der Waals surface area (Å²) in [7, 11) is 3.54. The molecular weight excluding hydrogens is 548 g/mol. The van der Waals surface area contributed by atoms with Gasteiger partial charge in [-0.15, -0.1) is 0 Å². The summed E-state index contributed by atoms with van der Waals surface area (Å²) in [4.78, 5) is 30.3. The zero-order chi connectivity index (χ0) is 28.9. The fourth-order valence-electron chi connectivity index (χ4n) is 4.26. The van der Waals surface area contributed by atoms with Gasteiger partial charge in [0.2, 0.25) is 5.95 Å². The number of rotatable bonds is 10. The van der Waals surface area contributed by atoms with E-state index < -0.39 is 5.82 Å². The Morgan fingerprint density at radius 2 is 1.61 bits per heavy atom. The number of hydrogen-bond acceptors (Lipinski definition) is 6. The van der Waals surface area contributed by atoms with Gasteiger partial charge in [-0.3, -0.25) is 4.79 Å². The maximum Gasteiger partial charge on any atom is 0.253 e. The summed E-state index contributed by atoms with van der Waals surface area (Å²) in [5.41, 5.74) is 3.40. The Labute approximate surface area is 241 Å². The Hall–Kier alpha value is -4.57. The summed E-state index contributed by atoms with van der Waals surface area (Å²) in [5, 5.41) is 3.96. The van der Waals surface area contributed by atoms with E-state index in [0.29, 0.717) is 59.7 Å². The minimum Gasteiger partial charge on any atom is -0.364 e. The highest BCUT2D eigenvalue weighted by atomic mass is 35.5. The highest BCUT2D eigenvalue weighted by molar-refractivity contribution is 6.31. The Morgan fingerprint density at radius 3 is 2.32 bits per heavy atom. The summed E-state index contributed by atoms with van der Waals surface area (Å²) in [6.45, 7) is 1.68. The zero-order valence-electron chi connectivity index (χ0n) is 22.6. The molecule has 2 heterocycles. The average Bonchev–Trinajstić information content (AvgIpc) is 3.39. The predicted molar refractivity (Wildman–Crippen MR) is 156 cm³/mol. The Morgan fingerprint density at radius 1 is 0.927 bits per heavy atom. The number of nitrogens with one attached hydrogen (secondary N) is 1. The lowest BCUT2D eigenvalue weighted by molar-refractivity contribution is 0.0798. The molecule has 0 aliphatic carbocycles. The van der Waals surface area contributed by atoms with Crippen LogP contribution >= 0.6 is 11.6 Å². The van der Waals surface area contributed by atoms with Crippen LogP contribution in [0.25, 0.3) is 11.2 Å². The van der Waals surface area contributed by atoms with Crippen molar-refractivity contribution >= 4 is 40.4 Å². The molecule has 0 bridgehead atoms. The van der Waals surface area contributed by atoms with Gasteiger partial charge >= 0.3 is 0 Å². The summed E-state index contributed by atoms with van der Waals surface area (Å²) in [6.07, 6.45) is 1.70. The van der Waals surface area contributed by atoms with E-state index in [1.807, 2.05) is 40.8 Å². The van der Waals surface area contributed by atoms with Crippen LogP contribution in [0.2, 0.25) is 5.02 Å². The third-order valence-electron chi connectivity index (χ3n) is 6.67. The monoisotopic (exact) mass is 575 g/mol. The molecule has 210 valence electrons. The minimum absolute atomic E-state index is 0.214. The summed E-state index contributed by atoms with van der Waals surface area (Å²) in [5.74, 6) is 0.0455. The Kier molecular flexibility index (Phi) is 8.39. The molecular formula is C30H28ClF2N7O. The number of halogens is 3. The maximum atomic E-state index is 13.4. The lowest BCUT2D eigenvalue weighted by Gasteiger charge is -2.23. The van der Waals surface area contributed by atoms with E-state index in [9.17, 15) is 13.6 Å². The Balaban J connectivity index is 1.40. The van der Waals surface area contributed by atoms with Crippen molar-refractivity contribution in [3.8, 4) is 0 Å². The summed E-state index contributed by atoms with van der Waals surface area (Å²) >= 11 is 6.42. The van der Waals surface area contributed by atoms with Crippen LogP contribution in [0.5, 0.6) is 0 Å². The van der Waals surface area contributed by atoms with Crippen LogP contribution < -0.4 is 10.2 Å². The SMILES string of the molecule is CN(CCN(C)c1nc(NCc2ccc(F)cc2)c2ncn(Cc3ccccc3Cl)c2n1)C(=O)c1ccc(F)cc1. The predicted octanol–water partition coefficient (Wildman–Crippen LogP) is 5.63. The van der Waals surface area contributed by atoms with Crippen molar-refractivity contribution in [1.82, 2.24) is 24.4 Å². The number of likely N-dealkylation sites (N-methyl/N-ethyl adjacent to an activating group) is 2. The molecule has 0 atom stereocenters. The second-order valence-electron chi connectivity index (χ2n) is 9.64. The first-order valence-electron chi connectivity index (χ1n) is 13.0. The standard InChI is InChI=1S/C30H28ClF2N7O/c1-38(29(41)21-9-13-24(33)14-10-21)15-16-39(2)30-36-27(34-17-20-7-11-23(32)12-8-20)26-28(37-30)40(19-35-26)18-22-5-3-4-6-25(22)31/h3-14,19H,15-18H2,1-2H3,(H,34,36,37). The molecule has 5 aromatic rings. The topological polar surface area (TPSA) is 79.2 Å². The van der Waals surface area contributed by atoms with E-state index >= 15 is 0 Å². The second kappa shape index (κ2) is 12.3. The molecule has 41 heavy (non-hydrogen) atoms. The molecule has 11 heteroatoms. The first-order valence-corrected chi connectivity index (χ1v) is 13.3. The van der Waals surface area contributed by atoms with Gasteiger partial charge in [-0.25, -0.2) is 13.8 Å². The molecule has 0 saturated carbocycles. The van der Waals surface area contributed by atoms with Gasteiger partial charge in [0.15, 0.2) is 17.0 Å². The number of amides is 1. The van der Waals surface area contributed by atoms with E-state index in [1.165, 1.54) is 36.4 Å². The molecule has 0 aliphatic rings. The molecule has 8 nitrogen and oxygen atoms in total. The van der Waals surface area contributed by atoms with E-state index in [1.54, 1.807) is 30.4 Å². The third-order valence-corrected chi connectivity index (χ3v) is 7.04. The largest absolute Gasteiger partial charge is 0.364 e. The smallest absolute Gasteiger partial charge is 0.253 e. The fourth-order valence-corrected chi connectivity index (χ4v) is 4.45. The molecule has 3 aromatic carbocycles. The lowest BCUT2D eigenvalue weighted by atomic mass is 10.2. The van der Waals surface area contributed by atoms with Crippen molar-refractivity contribution in [2.24, 2.45) is 0 Å². The number of aromatic nitrogens is 4. The normalized spacial score (nSPS) is 11.0. The van der Waals surface area contributed by atoms with E-state index in [-0.39, 0.29) is 11.7 Å². The van der Waals surface area contributed by atoms with Crippen molar-refractivity contribution in [2.45, 2.75) is 13.1 Å². The number of hydrogen-bond donors (Lipinski definition) is 1. The van der Waals surface area contributed by atoms with Crippen LogP contribution in [0.15, 0.2) is 79.1 Å². The van der Waals surface area contributed by atoms with E-state index in [2.05, 4.69) is 10.3 Å². The van der Waals surface area contributed by atoms with Crippen LogP contribution in [0.1, 0.15) is 21.5 Å². The van der Waals surface area contributed by atoms with Gasteiger partial charge in [0.1, 0.15) is 11.6 Å². The highest BCUT2D eigenvalue weighted by Gasteiger charge is 2.18. The third kappa shape index (κ3) is 6.60. The van der Waals surface area contributed by atoms with Crippen LogP contribution in [0, 0.1) is 11.6 Å². The molecule has 0 radical (unpaired) electrons. The molecule has 0 fully saturated rings. The number of fused-ring (bicyclic) bond motifs is 1. The molecule has 2 aromatic heterocycles. The van der Waals surface area contributed by atoms with Gasteiger partial charge in [-0.2, -0.15) is 9.97 Å². The first kappa shape index (κ1) is 28.0. The van der Waals surface area contributed by atoms with Gasteiger partial charge in [-0.05, 0) is 53.6 Å². The van der Waals surface area contributed by atoms with Crippen LogP contribution in [0.4, 0.5) is 20.5 Å². The van der Waals surface area contributed by atoms with Crippen molar-refractivity contribution in [3.05, 3.63) is 112 Å². The minimum atomic E-state index is -0.394. The molecule has 0 spiro atoms. The molecule has 5 rings (SSSR count). The number of benzene rings is 3. The van der Waals surface area contributed by atoms with E-state index in [4.69, 9.17) is 21.6 Å². The number of carbonyl (C=O) groups excluding carboxylic acids is 1. The van der Waals surface area contributed by atoms with Crippen molar-refractivity contribution in [3.63, 3.8) is 0 Å².